The van der Waals surface area contributed by atoms with Crippen molar-refractivity contribution in [3.63, 3.8) is 0 Å². The first-order chi connectivity index (χ1) is 19.5. The Morgan fingerprint density at radius 1 is 0.875 bits per heavy atom. The van der Waals surface area contributed by atoms with Gasteiger partial charge in [0.2, 0.25) is 6.79 Å². The van der Waals surface area contributed by atoms with E-state index in [2.05, 4.69) is 5.32 Å². The van der Waals surface area contributed by atoms with Crippen LogP contribution in [0.2, 0.25) is 0 Å². The summed E-state index contributed by atoms with van der Waals surface area (Å²) in [6.07, 6.45) is 3.60. The van der Waals surface area contributed by atoms with Gasteiger partial charge in [-0.05, 0) is 59.0 Å². The first-order valence-corrected chi connectivity index (χ1v) is 12.4. The van der Waals surface area contributed by atoms with E-state index in [1.165, 1.54) is 21.3 Å². The van der Waals surface area contributed by atoms with Crippen molar-refractivity contribution in [2.24, 2.45) is 0 Å². The molecule has 0 aromatic heterocycles. The molecule has 1 aliphatic rings. The lowest BCUT2D eigenvalue weighted by Crippen LogP contribution is -2.26. The zero-order valence-corrected chi connectivity index (χ0v) is 22.8. The summed E-state index contributed by atoms with van der Waals surface area (Å²) >= 11 is 0. The van der Waals surface area contributed by atoms with Gasteiger partial charge < -0.3 is 38.5 Å². The SMILES string of the molecule is COC(=O)c1c(/C=C/c2cc3c(cc2CCNC(=O)OCc2ccc(OC)cc2)OCO3)ccc(OC)c1OC. The predicted octanol–water partition coefficient (Wildman–Crippen LogP) is 4.87. The Balaban J connectivity index is 1.48. The summed E-state index contributed by atoms with van der Waals surface area (Å²) in [6.45, 7) is 0.591. The predicted molar refractivity (Wildman–Crippen MR) is 147 cm³/mol. The van der Waals surface area contributed by atoms with E-state index in [1.807, 2.05) is 30.3 Å². The molecule has 0 bridgehead atoms. The van der Waals surface area contributed by atoms with E-state index in [-0.39, 0.29) is 24.7 Å². The van der Waals surface area contributed by atoms with Gasteiger partial charge in [0.15, 0.2) is 23.0 Å². The average molecular weight is 550 g/mol. The van der Waals surface area contributed by atoms with Crippen molar-refractivity contribution in [2.75, 3.05) is 41.8 Å². The highest BCUT2D eigenvalue weighted by molar-refractivity contribution is 5.98. The van der Waals surface area contributed by atoms with E-state index in [1.54, 1.807) is 37.5 Å². The maximum atomic E-state index is 12.6. The number of benzene rings is 3. The molecule has 0 unspecified atom stereocenters. The number of rotatable bonds is 11. The number of fused-ring (bicyclic) bond motifs is 1. The quantitative estimate of drug-likeness (QED) is 0.265. The van der Waals surface area contributed by atoms with Crippen molar-refractivity contribution in [2.45, 2.75) is 13.0 Å². The van der Waals surface area contributed by atoms with Gasteiger partial charge in [-0.3, -0.25) is 0 Å². The molecule has 0 saturated carbocycles. The summed E-state index contributed by atoms with van der Waals surface area (Å²) in [5.74, 6) is 2.09. The van der Waals surface area contributed by atoms with Gasteiger partial charge in [0.25, 0.3) is 0 Å². The highest BCUT2D eigenvalue weighted by Crippen LogP contribution is 2.37. The van der Waals surface area contributed by atoms with Crippen LogP contribution in [0.25, 0.3) is 12.2 Å². The van der Waals surface area contributed by atoms with Gasteiger partial charge in [-0.25, -0.2) is 9.59 Å². The largest absolute Gasteiger partial charge is 0.497 e. The van der Waals surface area contributed by atoms with E-state index >= 15 is 0 Å². The number of esters is 1. The minimum absolute atomic E-state index is 0.125. The third-order valence-corrected chi connectivity index (χ3v) is 6.24. The fourth-order valence-corrected chi connectivity index (χ4v) is 4.17. The molecule has 210 valence electrons. The molecule has 3 aromatic rings. The van der Waals surface area contributed by atoms with Crippen LogP contribution in [-0.2, 0) is 22.5 Å². The third-order valence-electron chi connectivity index (χ3n) is 6.24. The van der Waals surface area contributed by atoms with Crippen molar-refractivity contribution in [3.8, 4) is 28.7 Å². The van der Waals surface area contributed by atoms with Gasteiger partial charge in [0.05, 0.1) is 28.4 Å². The van der Waals surface area contributed by atoms with Crippen molar-refractivity contribution < 1.29 is 42.7 Å². The maximum absolute atomic E-state index is 12.6. The van der Waals surface area contributed by atoms with Crippen LogP contribution in [0.15, 0.2) is 48.5 Å². The summed E-state index contributed by atoms with van der Waals surface area (Å²) in [6, 6.07) is 14.5. The second kappa shape index (κ2) is 13.3. The van der Waals surface area contributed by atoms with Crippen molar-refractivity contribution in [1.29, 1.82) is 0 Å². The number of carbonyl (C=O) groups excluding carboxylic acids is 2. The molecule has 0 fully saturated rings. The summed E-state index contributed by atoms with van der Waals surface area (Å²) in [5, 5.41) is 2.78. The monoisotopic (exact) mass is 549 g/mol. The molecule has 0 saturated heterocycles. The van der Waals surface area contributed by atoms with Crippen molar-refractivity contribution in [1.82, 2.24) is 5.32 Å². The molecule has 0 aliphatic carbocycles. The Labute approximate surface area is 232 Å². The third kappa shape index (κ3) is 6.58. The number of methoxy groups -OCH3 is 4. The second-order valence-corrected chi connectivity index (χ2v) is 8.60. The molecule has 4 rings (SSSR count). The van der Waals surface area contributed by atoms with Gasteiger partial charge in [0, 0.05) is 6.54 Å². The lowest BCUT2D eigenvalue weighted by molar-refractivity contribution is 0.0596. The van der Waals surface area contributed by atoms with Crippen LogP contribution in [0.3, 0.4) is 0 Å². The minimum atomic E-state index is -0.557. The van der Waals surface area contributed by atoms with Gasteiger partial charge in [0.1, 0.15) is 17.9 Å². The number of amides is 1. The van der Waals surface area contributed by atoms with Crippen LogP contribution >= 0.6 is 0 Å². The Bertz CT molecular complexity index is 1380. The summed E-state index contributed by atoms with van der Waals surface area (Å²) in [5.41, 5.74) is 3.39. The number of nitrogens with one attached hydrogen (secondary N) is 1. The van der Waals surface area contributed by atoms with Crippen LogP contribution in [0.1, 0.15) is 32.6 Å². The highest BCUT2D eigenvalue weighted by Gasteiger charge is 2.21. The summed E-state index contributed by atoms with van der Waals surface area (Å²) in [4.78, 5) is 24.9. The molecule has 1 amide bonds. The van der Waals surface area contributed by atoms with E-state index in [0.717, 1.165) is 22.4 Å². The molecular weight excluding hydrogens is 518 g/mol. The standard InChI is InChI=1S/C30H31NO9/c1-34-23-10-5-19(6-11-23)17-38-30(33)31-14-13-22-16-26-25(39-18-40-26)15-21(22)8-7-20-9-12-24(35-2)28(36-3)27(20)29(32)37-4/h5-12,15-16H,13-14,17-18H2,1-4H3,(H,31,33)/b8-7+. The van der Waals surface area contributed by atoms with E-state index < -0.39 is 12.1 Å². The number of carbonyl (C=O) groups is 2. The highest BCUT2D eigenvalue weighted by atomic mass is 16.7. The molecule has 10 nitrogen and oxygen atoms in total. The molecule has 10 heteroatoms. The molecular formula is C30H31NO9. The number of alkyl carbamates (subject to hydrolysis) is 1. The molecule has 1 heterocycles. The minimum Gasteiger partial charge on any atom is -0.497 e. The Kier molecular flexibility index (Phi) is 9.35. The normalized spacial score (nSPS) is 11.7. The Morgan fingerprint density at radius 3 is 2.27 bits per heavy atom. The van der Waals surface area contributed by atoms with E-state index in [9.17, 15) is 9.59 Å². The van der Waals surface area contributed by atoms with Gasteiger partial charge in [-0.1, -0.05) is 30.4 Å². The molecule has 0 radical (unpaired) electrons. The molecule has 40 heavy (non-hydrogen) atoms. The number of hydrogen-bond acceptors (Lipinski definition) is 9. The first kappa shape index (κ1) is 28.2. The number of ether oxygens (including phenoxy) is 7. The topological polar surface area (TPSA) is 111 Å². The van der Waals surface area contributed by atoms with Crippen LogP contribution in [0, 0.1) is 0 Å². The van der Waals surface area contributed by atoms with Gasteiger partial charge >= 0.3 is 12.1 Å². The Hall–Kier alpha value is -4.86. The van der Waals surface area contributed by atoms with Crippen LogP contribution in [0.4, 0.5) is 4.79 Å². The number of hydrogen-bond donors (Lipinski definition) is 1. The van der Waals surface area contributed by atoms with Crippen LogP contribution in [-0.4, -0.2) is 53.8 Å². The smallest absolute Gasteiger partial charge is 0.407 e. The fraction of sp³-hybridized carbons (Fsp3) is 0.267. The van der Waals surface area contributed by atoms with E-state index in [0.29, 0.717) is 35.8 Å². The molecule has 1 aliphatic heterocycles. The van der Waals surface area contributed by atoms with Gasteiger partial charge in [-0.15, -0.1) is 0 Å². The fourth-order valence-electron chi connectivity index (χ4n) is 4.17. The summed E-state index contributed by atoms with van der Waals surface area (Å²) in [7, 11) is 5.86. The first-order valence-electron chi connectivity index (χ1n) is 12.4. The second-order valence-electron chi connectivity index (χ2n) is 8.60. The van der Waals surface area contributed by atoms with Crippen LogP contribution < -0.4 is 29.0 Å². The molecule has 0 atom stereocenters. The summed E-state index contributed by atoms with van der Waals surface area (Å²) < 4.78 is 37.3. The molecule has 0 spiro atoms. The lowest BCUT2D eigenvalue weighted by Gasteiger charge is -2.14. The lowest BCUT2D eigenvalue weighted by atomic mass is 10.00. The zero-order valence-electron chi connectivity index (χ0n) is 22.8. The van der Waals surface area contributed by atoms with Crippen molar-refractivity contribution in [3.05, 3.63) is 76.3 Å². The van der Waals surface area contributed by atoms with E-state index in [4.69, 9.17) is 33.2 Å². The average Bonchev–Trinajstić information content (AvgIpc) is 3.45. The maximum Gasteiger partial charge on any atom is 0.407 e. The van der Waals surface area contributed by atoms with Crippen LogP contribution in [0.5, 0.6) is 28.7 Å². The molecule has 1 N–H and O–H groups in total. The zero-order chi connectivity index (χ0) is 28.5. The van der Waals surface area contributed by atoms with Crippen molar-refractivity contribution >= 4 is 24.2 Å². The Morgan fingerprint density at radius 2 is 1.60 bits per heavy atom. The van der Waals surface area contributed by atoms with Gasteiger partial charge in [-0.2, -0.15) is 0 Å². The molecule has 3 aromatic carbocycles.